The van der Waals surface area contributed by atoms with E-state index >= 15 is 0 Å². The van der Waals surface area contributed by atoms with Gasteiger partial charge in [-0.25, -0.2) is 0 Å². The van der Waals surface area contributed by atoms with E-state index in [0.717, 1.165) is 17.8 Å². The lowest BCUT2D eigenvalue weighted by atomic mass is 10.1. The molecule has 1 saturated carbocycles. The Morgan fingerprint density at radius 3 is 2.75 bits per heavy atom. The van der Waals surface area contributed by atoms with Gasteiger partial charge in [0.15, 0.2) is 0 Å². The molecule has 4 nitrogen and oxygen atoms in total. The van der Waals surface area contributed by atoms with Gasteiger partial charge in [0.2, 0.25) is 5.91 Å². The van der Waals surface area contributed by atoms with Crippen LogP contribution in [0.4, 0.5) is 11.4 Å². The Balaban J connectivity index is 1.89. The van der Waals surface area contributed by atoms with E-state index in [1.165, 1.54) is 31.4 Å². The van der Waals surface area contributed by atoms with E-state index in [1.54, 1.807) is 0 Å². The fourth-order valence-corrected chi connectivity index (χ4v) is 3.58. The number of benzene rings is 1. The van der Waals surface area contributed by atoms with Crippen LogP contribution in [-0.4, -0.2) is 25.5 Å². The minimum Gasteiger partial charge on any atom is -0.369 e. The second-order valence-electron chi connectivity index (χ2n) is 5.71. The predicted octanol–water partition coefficient (Wildman–Crippen LogP) is 2.67. The molecule has 0 aromatic heterocycles. The van der Waals surface area contributed by atoms with Crippen molar-refractivity contribution in [3.63, 3.8) is 0 Å². The highest BCUT2D eigenvalue weighted by Gasteiger charge is 2.30. The first-order valence-electron chi connectivity index (χ1n) is 7.63. The van der Waals surface area contributed by atoms with Crippen molar-refractivity contribution in [2.75, 3.05) is 23.8 Å². The van der Waals surface area contributed by atoms with Crippen molar-refractivity contribution in [1.82, 2.24) is 5.32 Å². The highest BCUT2D eigenvalue weighted by atomic mass is 16.2. The van der Waals surface area contributed by atoms with E-state index in [1.807, 2.05) is 7.05 Å². The summed E-state index contributed by atoms with van der Waals surface area (Å²) in [5.41, 5.74) is 3.25. The first-order valence-corrected chi connectivity index (χ1v) is 7.63. The Bertz CT molecular complexity index is 508. The van der Waals surface area contributed by atoms with Gasteiger partial charge in [-0.15, -0.1) is 0 Å². The normalized spacial score (nSPS) is 21.9. The Kier molecular flexibility index (Phi) is 3.66. The average molecular weight is 273 g/mol. The van der Waals surface area contributed by atoms with E-state index < -0.39 is 0 Å². The summed E-state index contributed by atoms with van der Waals surface area (Å²) in [6.45, 7) is 3.23. The molecule has 1 unspecified atom stereocenters. The summed E-state index contributed by atoms with van der Waals surface area (Å²) in [6.07, 6.45) is 5.25. The molecule has 0 bridgehead atoms. The number of amides is 1. The lowest BCUT2D eigenvalue weighted by molar-refractivity contribution is -0.117. The van der Waals surface area contributed by atoms with Gasteiger partial charge >= 0.3 is 0 Å². The third-order valence-electron chi connectivity index (χ3n) is 4.59. The molecule has 0 saturated heterocycles. The van der Waals surface area contributed by atoms with Crippen molar-refractivity contribution < 1.29 is 4.79 Å². The zero-order chi connectivity index (χ0) is 14.1. The molecule has 0 spiro atoms. The molecule has 4 heteroatoms. The van der Waals surface area contributed by atoms with Gasteiger partial charge in [0.1, 0.15) is 6.04 Å². The standard InChI is InChI=1S/C16H23N3O/c1-3-19(11-6-4-5-7-11)12-8-9-13-14(10-12)18-16(20)15(13)17-2/h8-11,15,17H,3-7H2,1-2H3,(H,18,20). The Labute approximate surface area is 120 Å². The van der Waals surface area contributed by atoms with Crippen molar-refractivity contribution >= 4 is 17.3 Å². The van der Waals surface area contributed by atoms with Gasteiger partial charge in [0.05, 0.1) is 0 Å². The summed E-state index contributed by atoms with van der Waals surface area (Å²) >= 11 is 0. The predicted molar refractivity (Wildman–Crippen MR) is 82.1 cm³/mol. The quantitative estimate of drug-likeness (QED) is 0.886. The lowest BCUT2D eigenvalue weighted by Crippen LogP contribution is -2.32. The summed E-state index contributed by atoms with van der Waals surface area (Å²) in [7, 11) is 1.82. The van der Waals surface area contributed by atoms with E-state index in [4.69, 9.17) is 0 Å². The number of fused-ring (bicyclic) bond motifs is 1. The summed E-state index contributed by atoms with van der Waals surface area (Å²) in [4.78, 5) is 14.4. The number of anilines is 2. The SMILES string of the molecule is CCN(c1ccc2c(c1)NC(=O)C2NC)C1CCCC1. The number of hydrogen-bond donors (Lipinski definition) is 2. The Morgan fingerprint density at radius 1 is 1.35 bits per heavy atom. The monoisotopic (exact) mass is 273 g/mol. The first kappa shape index (κ1) is 13.4. The van der Waals surface area contributed by atoms with E-state index in [9.17, 15) is 4.79 Å². The number of carbonyl (C=O) groups is 1. The van der Waals surface area contributed by atoms with E-state index in [-0.39, 0.29) is 11.9 Å². The molecule has 2 N–H and O–H groups in total. The zero-order valence-electron chi connectivity index (χ0n) is 12.3. The van der Waals surface area contributed by atoms with Crippen LogP contribution in [0.5, 0.6) is 0 Å². The third-order valence-corrected chi connectivity index (χ3v) is 4.59. The van der Waals surface area contributed by atoms with Gasteiger partial charge in [-0.3, -0.25) is 4.79 Å². The van der Waals surface area contributed by atoms with Gasteiger partial charge in [0, 0.05) is 29.5 Å². The number of nitrogens with zero attached hydrogens (tertiary/aromatic N) is 1. The maximum Gasteiger partial charge on any atom is 0.246 e. The van der Waals surface area contributed by atoms with Crippen molar-refractivity contribution in [3.05, 3.63) is 23.8 Å². The van der Waals surface area contributed by atoms with Crippen LogP contribution in [0.3, 0.4) is 0 Å². The molecule has 108 valence electrons. The van der Waals surface area contributed by atoms with Gasteiger partial charge < -0.3 is 15.5 Å². The first-order chi connectivity index (χ1) is 9.74. The van der Waals surface area contributed by atoms with Crippen molar-refractivity contribution in [2.24, 2.45) is 0 Å². The molecular formula is C16H23N3O. The molecular weight excluding hydrogens is 250 g/mol. The van der Waals surface area contributed by atoms with Crippen LogP contribution >= 0.6 is 0 Å². The average Bonchev–Trinajstić information content (AvgIpc) is 3.06. The van der Waals surface area contributed by atoms with Gasteiger partial charge in [0.25, 0.3) is 0 Å². The smallest absolute Gasteiger partial charge is 0.246 e. The van der Waals surface area contributed by atoms with Crippen LogP contribution in [-0.2, 0) is 4.79 Å². The van der Waals surface area contributed by atoms with Crippen LogP contribution in [0.25, 0.3) is 0 Å². The lowest BCUT2D eigenvalue weighted by Gasteiger charge is -2.30. The maximum absolute atomic E-state index is 11.9. The minimum absolute atomic E-state index is 0.0450. The molecule has 1 heterocycles. The Hall–Kier alpha value is -1.55. The zero-order valence-corrected chi connectivity index (χ0v) is 12.3. The molecule has 1 aromatic carbocycles. The fourth-order valence-electron chi connectivity index (χ4n) is 3.58. The summed E-state index contributed by atoms with van der Waals surface area (Å²) in [6, 6.07) is 6.83. The van der Waals surface area contributed by atoms with Gasteiger partial charge in [-0.2, -0.15) is 0 Å². The summed E-state index contributed by atoms with van der Waals surface area (Å²) < 4.78 is 0. The van der Waals surface area contributed by atoms with Crippen LogP contribution < -0.4 is 15.5 Å². The van der Waals surface area contributed by atoms with Crippen LogP contribution in [0.1, 0.15) is 44.2 Å². The van der Waals surface area contributed by atoms with Gasteiger partial charge in [-0.05, 0) is 38.9 Å². The van der Waals surface area contributed by atoms with E-state index in [0.29, 0.717) is 6.04 Å². The summed E-state index contributed by atoms with van der Waals surface area (Å²) in [5.74, 6) is 0.0450. The second-order valence-corrected chi connectivity index (χ2v) is 5.71. The third kappa shape index (κ3) is 2.18. The number of carbonyl (C=O) groups excluding carboxylic acids is 1. The summed E-state index contributed by atoms with van der Waals surface area (Å²) in [5, 5.41) is 6.04. The highest BCUT2D eigenvalue weighted by molar-refractivity contribution is 6.03. The van der Waals surface area contributed by atoms with Crippen molar-refractivity contribution in [1.29, 1.82) is 0 Å². The maximum atomic E-state index is 11.9. The molecule has 20 heavy (non-hydrogen) atoms. The molecule has 1 aromatic rings. The molecule has 0 radical (unpaired) electrons. The van der Waals surface area contributed by atoms with Crippen molar-refractivity contribution in [3.8, 4) is 0 Å². The largest absolute Gasteiger partial charge is 0.369 e. The second kappa shape index (κ2) is 5.44. The van der Waals surface area contributed by atoms with Crippen LogP contribution in [0.2, 0.25) is 0 Å². The van der Waals surface area contributed by atoms with Crippen LogP contribution in [0, 0.1) is 0 Å². The number of rotatable bonds is 4. The van der Waals surface area contributed by atoms with E-state index in [2.05, 4.69) is 40.7 Å². The van der Waals surface area contributed by atoms with Crippen molar-refractivity contribution in [2.45, 2.75) is 44.7 Å². The van der Waals surface area contributed by atoms with Crippen LogP contribution in [0.15, 0.2) is 18.2 Å². The van der Waals surface area contributed by atoms with Gasteiger partial charge in [-0.1, -0.05) is 18.9 Å². The number of likely N-dealkylation sites (N-methyl/N-ethyl adjacent to an activating group) is 1. The molecule has 1 amide bonds. The Morgan fingerprint density at radius 2 is 2.10 bits per heavy atom. The molecule has 1 fully saturated rings. The molecule has 1 aliphatic heterocycles. The fraction of sp³-hybridized carbons (Fsp3) is 0.562. The number of nitrogens with one attached hydrogen (secondary N) is 2. The topological polar surface area (TPSA) is 44.4 Å². The molecule has 1 atom stereocenters. The highest BCUT2D eigenvalue weighted by Crippen LogP contribution is 2.36. The molecule has 1 aliphatic carbocycles. The number of hydrogen-bond acceptors (Lipinski definition) is 3. The molecule has 3 rings (SSSR count). The minimum atomic E-state index is -0.208. The molecule has 2 aliphatic rings.